The Kier molecular flexibility index (Phi) is 10.7. The summed E-state index contributed by atoms with van der Waals surface area (Å²) in [5.41, 5.74) is -0.302. The molecule has 2 N–H and O–H groups in total. The largest absolute Gasteiger partial charge is 0.469 e. The molecule has 11 heteroatoms. The molecule has 1 aliphatic heterocycles. The van der Waals surface area contributed by atoms with Crippen molar-refractivity contribution in [1.29, 1.82) is 0 Å². The monoisotopic (exact) mass is 491 g/mol. The summed E-state index contributed by atoms with van der Waals surface area (Å²) in [5.74, 6) is -1.65. The highest BCUT2D eigenvalue weighted by Crippen LogP contribution is 2.17. The van der Waals surface area contributed by atoms with Crippen molar-refractivity contribution in [2.24, 2.45) is 0 Å². The highest BCUT2D eigenvalue weighted by Gasteiger charge is 2.33. The summed E-state index contributed by atoms with van der Waals surface area (Å²) < 4.78 is 15.2. The molecule has 0 saturated carbocycles. The van der Waals surface area contributed by atoms with Crippen LogP contribution in [0.2, 0.25) is 0 Å². The van der Waals surface area contributed by atoms with Gasteiger partial charge in [0.25, 0.3) is 0 Å². The van der Waals surface area contributed by atoms with Gasteiger partial charge in [-0.15, -0.1) is 0 Å². The van der Waals surface area contributed by atoms with Crippen molar-refractivity contribution in [3.8, 4) is 0 Å². The van der Waals surface area contributed by atoms with Gasteiger partial charge in [-0.3, -0.25) is 24.1 Å². The highest BCUT2D eigenvalue weighted by molar-refractivity contribution is 5.86. The average molecular weight is 492 g/mol. The Hall–Kier alpha value is -3.47. The van der Waals surface area contributed by atoms with Gasteiger partial charge in [0.15, 0.2) is 5.78 Å². The molecule has 0 spiro atoms. The number of ether oxygens (including phenoxy) is 3. The van der Waals surface area contributed by atoms with Gasteiger partial charge in [0, 0.05) is 25.9 Å². The highest BCUT2D eigenvalue weighted by atomic mass is 16.6. The smallest absolute Gasteiger partial charge is 0.407 e. The summed E-state index contributed by atoms with van der Waals surface area (Å²) in [6.45, 7) is 3.62. The number of carbonyl (C=O) groups excluding carboxylic acids is 5. The minimum atomic E-state index is -1.12. The topological polar surface area (TPSA) is 140 Å². The Balaban J connectivity index is 1.77. The summed E-state index contributed by atoms with van der Waals surface area (Å²) in [5, 5.41) is 5.11. The second kappa shape index (κ2) is 13.4. The number of nitrogens with one attached hydrogen (secondary N) is 2. The third kappa shape index (κ3) is 10.1. The van der Waals surface area contributed by atoms with Crippen LogP contribution >= 0.6 is 0 Å². The molecule has 1 aliphatic rings. The second-order valence-electron chi connectivity index (χ2n) is 8.76. The van der Waals surface area contributed by atoms with Crippen molar-refractivity contribution >= 4 is 29.7 Å². The van der Waals surface area contributed by atoms with Crippen LogP contribution in [0.3, 0.4) is 0 Å². The van der Waals surface area contributed by atoms with E-state index in [0.29, 0.717) is 13.1 Å². The number of piperazine rings is 1. The van der Waals surface area contributed by atoms with E-state index in [1.54, 1.807) is 18.7 Å². The molecule has 2 rings (SSSR count). The molecule has 0 unspecified atom stereocenters. The van der Waals surface area contributed by atoms with Gasteiger partial charge in [-0.1, -0.05) is 30.3 Å². The van der Waals surface area contributed by atoms with Crippen molar-refractivity contribution in [2.75, 3.05) is 33.3 Å². The minimum Gasteiger partial charge on any atom is -0.469 e. The van der Waals surface area contributed by atoms with E-state index in [1.807, 2.05) is 30.3 Å². The Morgan fingerprint density at radius 1 is 1.14 bits per heavy atom. The lowest BCUT2D eigenvalue weighted by molar-refractivity contribution is -0.160. The first-order chi connectivity index (χ1) is 16.6. The molecule has 0 bridgehead atoms. The van der Waals surface area contributed by atoms with E-state index in [-0.39, 0.29) is 50.6 Å². The zero-order chi connectivity index (χ0) is 25.8. The lowest BCUT2D eigenvalue weighted by atomic mass is 10.0. The molecule has 2 amide bonds. The van der Waals surface area contributed by atoms with Crippen LogP contribution in [0.5, 0.6) is 0 Å². The SMILES string of the molecule is COC(=O)CC[C@H]1C(=O)NCCN1CC(=O)OC(C)(C)CC(=O)CNC(=O)OCc1ccccc1. The van der Waals surface area contributed by atoms with Gasteiger partial charge in [-0.25, -0.2) is 4.79 Å². The van der Waals surface area contributed by atoms with E-state index in [9.17, 15) is 24.0 Å². The third-order valence-electron chi connectivity index (χ3n) is 5.28. The summed E-state index contributed by atoms with van der Waals surface area (Å²) >= 11 is 0. The van der Waals surface area contributed by atoms with Gasteiger partial charge in [-0.2, -0.15) is 0 Å². The Morgan fingerprint density at radius 2 is 1.86 bits per heavy atom. The van der Waals surface area contributed by atoms with Crippen LogP contribution < -0.4 is 10.6 Å². The molecule has 0 aromatic heterocycles. The molecule has 11 nitrogen and oxygen atoms in total. The molecule has 1 atom stereocenters. The van der Waals surface area contributed by atoms with Crippen LogP contribution in [0.25, 0.3) is 0 Å². The Labute approximate surface area is 204 Å². The van der Waals surface area contributed by atoms with Crippen molar-refractivity contribution < 1.29 is 38.2 Å². The van der Waals surface area contributed by atoms with E-state index in [2.05, 4.69) is 15.4 Å². The standard InChI is InChI=1S/C24H33N3O8/c1-24(2,13-18(28)14-26-23(32)34-16-17-7-5-4-6-8-17)35-21(30)15-27-12-11-25-22(31)19(27)9-10-20(29)33-3/h4-8,19H,9-16H2,1-3H3,(H,25,31)(H,26,32)/t19-/m0/s1. The molecule has 1 aromatic carbocycles. The van der Waals surface area contributed by atoms with Gasteiger partial charge in [0.05, 0.1) is 26.2 Å². The maximum atomic E-state index is 12.6. The van der Waals surface area contributed by atoms with Crippen LogP contribution in [0.1, 0.15) is 38.7 Å². The average Bonchev–Trinajstić information content (AvgIpc) is 2.80. The van der Waals surface area contributed by atoms with E-state index < -0.39 is 29.7 Å². The number of nitrogens with zero attached hydrogens (tertiary/aromatic N) is 1. The Morgan fingerprint density at radius 3 is 2.54 bits per heavy atom. The first-order valence-electron chi connectivity index (χ1n) is 11.4. The second-order valence-corrected chi connectivity index (χ2v) is 8.76. The molecule has 1 heterocycles. The summed E-state index contributed by atoms with van der Waals surface area (Å²) in [6.07, 6.45) is -0.594. The van der Waals surface area contributed by atoms with Crippen LogP contribution in [0.15, 0.2) is 30.3 Å². The fourth-order valence-corrected chi connectivity index (χ4v) is 3.65. The van der Waals surface area contributed by atoms with Crippen LogP contribution in [0, 0.1) is 0 Å². The molecule has 1 aromatic rings. The molecule has 1 saturated heterocycles. The van der Waals surface area contributed by atoms with Crippen molar-refractivity contribution in [3.05, 3.63) is 35.9 Å². The number of alkyl carbamates (subject to hydrolysis) is 1. The molecule has 0 radical (unpaired) electrons. The molecule has 192 valence electrons. The van der Waals surface area contributed by atoms with Gasteiger partial charge in [0.1, 0.15) is 12.2 Å². The van der Waals surface area contributed by atoms with Crippen LogP contribution in [-0.4, -0.2) is 79.6 Å². The molecular weight excluding hydrogens is 458 g/mol. The zero-order valence-electron chi connectivity index (χ0n) is 20.3. The fraction of sp³-hybridized carbons (Fsp3) is 0.542. The number of ketones is 1. The third-order valence-corrected chi connectivity index (χ3v) is 5.28. The minimum absolute atomic E-state index is 0.0426. The molecule has 0 aliphatic carbocycles. The van der Waals surface area contributed by atoms with Crippen molar-refractivity contribution in [1.82, 2.24) is 15.5 Å². The van der Waals surface area contributed by atoms with Gasteiger partial charge >= 0.3 is 18.0 Å². The number of amides is 2. The zero-order valence-corrected chi connectivity index (χ0v) is 20.3. The van der Waals surface area contributed by atoms with Crippen molar-refractivity contribution in [2.45, 2.75) is 51.4 Å². The summed E-state index contributed by atoms with van der Waals surface area (Å²) in [4.78, 5) is 62.0. The number of hydrogen-bond acceptors (Lipinski definition) is 9. The maximum Gasteiger partial charge on any atom is 0.407 e. The predicted molar refractivity (Wildman–Crippen MR) is 124 cm³/mol. The van der Waals surface area contributed by atoms with Crippen LogP contribution in [0.4, 0.5) is 4.79 Å². The van der Waals surface area contributed by atoms with E-state index in [4.69, 9.17) is 9.47 Å². The van der Waals surface area contributed by atoms with Gasteiger partial charge < -0.3 is 24.8 Å². The predicted octanol–water partition coefficient (Wildman–Crippen LogP) is 0.947. The quantitative estimate of drug-likeness (QED) is 0.323. The first-order valence-corrected chi connectivity index (χ1v) is 11.4. The number of carbonyl (C=O) groups is 5. The number of hydrogen-bond donors (Lipinski definition) is 2. The lowest BCUT2D eigenvalue weighted by Gasteiger charge is -2.35. The van der Waals surface area contributed by atoms with E-state index in [0.717, 1.165) is 5.56 Å². The lowest BCUT2D eigenvalue weighted by Crippen LogP contribution is -2.57. The van der Waals surface area contributed by atoms with Crippen molar-refractivity contribution in [3.63, 3.8) is 0 Å². The number of methoxy groups -OCH3 is 1. The van der Waals surface area contributed by atoms with E-state index >= 15 is 0 Å². The number of Topliss-reactive ketones (excluding diaryl/α,β-unsaturated/α-hetero) is 1. The van der Waals surface area contributed by atoms with Gasteiger partial charge in [0.2, 0.25) is 5.91 Å². The number of esters is 2. The number of rotatable bonds is 12. The van der Waals surface area contributed by atoms with E-state index in [1.165, 1.54) is 7.11 Å². The molecule has 35 heavy (non-hydrogen) atoms. The maximum absolute atomic E-state index is 12.6. The Bertz CT molecular complexity index is 903. The fourth-order valence-electron chi connectivity index (χ4n) is 3.65. The van der Waals surface area contributed by atoms with Crippen LogP contribution in [-0.2, 0) is 40.0 Å². The molecule has 1 fully saturated rings. The first kappa shape index (κ1) is 27.8. The summed E-state index contributed by atoms with van der Waals surface area (Å²) in [6, 6.07) is 8.47. The molecular formula is C24H33N3O8. The summed E-state index contributed by atoms with van der Waals surface area (Å²) in [7, 11) is 1.27. The normalized spacial score (nSPS) is 16.1. The van der Waals surface area contributed by atoms with Gasteiger partial charge in [-0.05, 0) is 25.8 Å². The number of benzene rings is 1.